The Balaban J connectivity index is 2.37. The number of hydrogen-bond acceptors (Lipinski definition) is 4. The van der Waals surface area contributed by atoms with Gasteiger partial charge in [0.2, 0.25) is 0 Å². The molecule has 5 nitrogen and oxygen atoms in total. The van der Waals surface area contributed by atoms with Gasteiger partial charge in [-0.15, -0.1) is 0 Å². The first kappa shape index (κ1) is 17.3. The molecule has 0 fully saturated rings. The summed E-state index contributed by atoms with van der Waals surface area (Å²) in [5.74, 6) is -0.864. The number of nitrogens with two attached hydrogens (primary N) is 1. The van der Waals surface area contributed by atoms with Crippen molar-refractivity contribution >= 4 is 16.9 Å². The van der Waals surface area contributed by atoms with Gasteiger partial charge in [0.25, 0.3) is 5.91 Å². The summed E-state index contributed by atoms with van der Waals surface area (Å²) in [6.45, 7) is 6.05. The molecule has 0 saturated carbocycles. The van der Waals surface area contributed by atoms with Crippen LogP contribution >= 0.6 is 0 Å². The Bertz CT molecular complexity index is 717. The molecule has 0 bridgehead atoms. The molecule has 0 saturated heterocycles. The smallest absolute Gasteiger partial charge is 0.253 e. The zero-order chi connectivity index (χ0) is 17.0. The van der Waals surface area contributed by atoms with Gasteiger partial charge in [-0.1, -0.05) is 19.8 Å². The molecule has 1 heterocycles. The lowest BCUT2D eigenvalue weighted by Gasteiger charge is -2.17. The van der Waals surface area contributed by atoms with Crippen LogP contribution in [-0.2, 0) is 0 Å². The minimum atomic E-state index is -0.502. The summed E-state index contributed by atoms with van der Waals surface area (Å²) in [4.78, 5) is 21.3. The van der Waals surface area contributed by atoms with Crippen LogP contribution in [0.2, 0.25) is 0 Å². The van der Waals surface area contributed by atoms with Crippen molar-refractivity contribution in [3.63, 3.8) is 0 Å². The first-order valence-corrected chi connectivity index (χ1v) is 7.91. The van der Waals surface area contributed by atoms with E-state index in [4.69, 9.17) is 5.73 Å². The van der Waals surface area contributed by atoms with E-state index in [1.165, 1.54) is 12.1 Å². The van der Waals surface area contributed by atoms with Crippen LogP contribution < -0.4 is 11.1 Å². The van der Waals surface area contributed by atoms with Gasteiger partial charge in [0.05, 0.1) is 22.5 Å². The highest BCUT2D eigenvalue weighted by atomic mass is 19.1. The van der Waals surface area contributed by atoms with E-state index in [-0.39, 0.29) is 17.5 Å². The SMILES string of the molecule is CCCCC(CN)NC(=O)c1cc(F)cc2nc(C)c(C)nc12. The summed E-state index contributed by atoms with van der Waals surface area (Å²) in [7, 11) is 0. The van der Waals surface area contributed by atoms with Crippen LogP contribution in [0.3, 0.4) is 0 Å². The van der Waals surface area contributed by atoms with Gasteiger partial charge >= 0.3 is 0 Å². The average Bonchev–Trinajstić information content (AvgIpc) is 2.52. The second-order valence-corrected chi connectivity index (χ2v) is 5.76. The van der Waals surface area contributed by atoms with Gasteiger partial charge in [-0.05, 0) is 26.3 Å². The Morgan fingerprint density at radius 2 is 2.00 bits per heavy atom. The predicted octanol–water partition coefficient (Wildman–Crippen LogP) is 2.63. The maximum absolute atomic E-state index is 13.8. The van der Waals surface area contributed by atoms with Crippen LogP contribution in [0.1, 0.15) is 47.9 Å². The highest BCUT2D eigenvalue weighted by Crippen LogP contribution is 2.19. The van der Waals surface area contributed by atoms with Gasteiger partial charge in [-0.25, -0.2) is 14.4 Å². The summed E-state index contributed by atoms with van der Waals surface area (Å²) in [6.07, 6.45) is 2.80. The molecule has 0 spiro atoms. The van der Waals surface area contributed by atoms with Gasteiger partial charge in [-0.3, -0.25) is 4.79 Å². The van der Waals surface area contributed by atoms with Crippen molar-refractivity contribution in [1.29, 1.82) is 0 Å². The topological polar surface area (TPSA) is 80.9 Å². The zero-order valence-electron chi connectivity index (χ0n) is 13.8. The number of nitrogens with one attached hydrogen (secondary N) is 1. The maximum atomic E-state index is 13.8. The number of aromatic nitrogens is 2. The Morgan fingerprint density at radius 3 is 2.65 bits per heavy atom. The minimum Gasteiger partial charge on any atom is -0.348 e. The van der Waals surface area contributed by atoms with E-state index >= 15 is 0 Å². The van der Waals surface area contributed by atoms with E-state index in [0.717, 1.165) is 30.7 Å². The molecular formula is C17H23FN4O. The minimum absolute atomic E-state index is 0.125. The summed E-state index contributed by atoms with van der Waals surface area (Å²) < 4.78 is 13.8. The third-order valence-electron chi connectivity index (χ3n) is 3.92. The summed E-state index contributed by atoms with van der Waals surface area (Å²) in [5, 5.41) is 2.87. The highest BCUT2D eigenvalue weighted by Gasteiger charge is 2.18. The molecule has 1 aromatic heterocycles. The lowest BCUT2D eigenvalue weighted by Crippen LogP contribution is -2.40. The third kappa shape index (κ3) is 4.01. The molecule has 0 aliphatic heterocycles. The van der Waals surface area contributed by atoms with E-state index in [1.54, 1.807) is 0 Å². The molecule has 1 atom stereocenters. The number of rotatable bonds is 6. The Hall–Kier alpha value is -2.08. The molecule has 6 heteroatoms. The summed E-state index contributed by atoms with van der Waals surface area (Å²) in [5.41, 5.74) is 8.15. The van der Waals surface area contributed by atoms with Crippen molar-refractivity contribution in [1.82, 2.24) is 15.3 Å². The van der Waals surface area contributed by atoms with Crippen molar-refractivity contribution in [2.45, 2.75) is 46.1 Å². The van der Waals surface area contributed by atoms with Crippen LogP contribution in [0.15, 0.2) is 12.1 Å². The van der Waals surface area contributed by atoms with Crippen molar-refractivity contribution in [3.05, 3.63) is 34.9 Å². The molecular weight excluding hydrogens is 295 g/mol. The molecule has 2 rings (SSSR count). The molecule has 1 aromatic carbocycles. The summed E-state index contributed by atoms with van der Waals surface area (Å²) >= 11 is 0. The Labute approximate surface area is 135 Å². The van der Waals surface area contributed by atoms with Crippen LogP contribution in [0.4, 0.5) is 4.39 Å². The van der Waals surface area contributed by atoms with Crippen LogP contribution in [0, 0.1) is 19.7 Å². The van der Waals surface area contributed by atoms with Gasteiger partial charge < -0.3 is 11.1 Å². The number of carbonyl (C=O) groups excluding carboxylic acids is 1. The van der Waals surface area contributed by atoms with E-state index in [9.17, 15) is 9.18 Å². The molecule has 0 radical (unpaired) electrons. The monoisotopic (exact) mass is 318 g/mol. The van der Waals surface area contributed by atoms with Gasteiger partial charge in [0, 0.05) is 18.7 Å². The van der Waals surface area contributed by atoms with Crippen molar-refractivity contribution in [2.24, 2.45) is 5.73 Å². The number of nitrogens with zero attached hydrogens (tertiary/aromatic N) is 2. The van der Waals surface area contributed by atoms with Crippen LogP contribution in [0.25, 0.3) is 11.0 Å². The molecule has 2 aromatic rings. The fraction of sp³-hybridized carbons (Fsp3) is 0.471. The van der Waals surface area contributed by atoms with Crippen molar-refractivity contribution in [3.8, 4) is 0 Å². The second-order valence-electron chi connectivity index (χ2n) is 5.76. The van der Waals surface area contributed by atoms with Crippen LogP contribution in [-0.4, -0.2) is 28.5 Å². The number of carbonyl (C=O) groups is 1. The Morgan fingerprint density at radius 1 is 1.30 bits per heavy atom. The molecule has 1 amide bonds. The number of benzene rings is 1. The largest absolute Gasteiger partial charge is 0.348 e. The van der Waals surface area contributed by atoms with E-state index < -0.39 is 5.82 Å². The first-order valence-electron chi connectivity index (χ1n) is 7.91. The molecule has 0 aliphatic rings. The number of unbranched alkanes of at least 4 members (excludes halogenated alkanes) is 1. The number of hydrogen-bond donors (Lipinski definition) is 2. The zero-order valence-corrected chi connectivity index (χ0v) is 13.8. The quantitative estimate of drug-likeness (QED) is 0.858. The summed E-state index contributed by atoms with van der Waals surface area (Å²) in [6, 6.07) is 2.37. The number of fused-ring (bicyclic) bond motifs is 1. The molecule has 1 unspecified atom stereocenters. The lowest BCUT2D eigenvalue weighted by molar-refractivity contribution is 0.0937. The van der Waals surface area contributed by atoms with Gasteiger partial charge in [-0.2, -0.15) is 0 Å². The average molecular weight is 318 g/mol. The standard InChI is InChI=1S/C17H23FN4O/c1-4-5-6-13(9-19)22-17(23)14-7-12(18)8-15-16(14)21-11(3)10(2)20-15/h7-8,13H,4-6,9,19H2,1-3H3,(H,22,23). The van der Waals surface area contributed by atoms with E-state index in [1.807, 2.05) is 13.8 Å². The maximum Gasteiger partial charge on any atom is 0.253 e. The highest BCUT2D eigenvalue weighted by molar-refractivity contribution is 6.04. The van der Waals surface area contributed by atoms with E-state index in [2.05, 4.69) is 22.2 Å². The second kappa shape index (κ2) is 7.46. The van der Waals surface area contributed by atoms with Crippen molar-refractivity contribution in [2.75, 3.05) is 6.54 Å². The lowest BCUT2D eigenvalue weighted by atomic mass is 10.1. The normalized spacial score (nSPS) is 12.4. The number of halogens is 1. The fourth-order valence-electron chi connectivity index (χ4n) is 2.43. The van der Waals surface area contributed by atoms with Crippen LogP contribution in [0.5, 0.6) is 0 Å². The fourth-order valence-corrected chi connectivity index (χ4v) is 2.43. The molecule has 23 heavy (non-hydrogen) atoms. The van der Waals surface area contributed by atoms with Gasteiger partial charge in [0.1, 0.15) is 11.3 Å². The first-order chi connectivity index (χ1) is 11.0. The Kier molecular flexibility index (Phi) is 5.60. The molecule has 0 aliphatic carbocycles. The number of amides is 1. The number of aryl methyl sites for hydroxylation is 2. The predicted molar refractivity (Wildman–Crippen MR) is 88.8 cm³/mol. The molecule has 124 valence electrons. The molecule has 3 N–H and O–H groups in total. The van der Waals surface area contributed by atoms with Gasteiger partial charge in [0.15, 0.2) is 0 Å². The van der Waals surface area contributed by atoms with Crippen molar-refractivity contribution < 1.29 is 9.18 Å². The third-order valence-corrected chi connectivity index (χ3v) is 3.92. The van der Waals surface area contributed by atoms with E-state index in [0.29, 0.717) is 17.6 Å².